The van der Waals surface area contributed by atoms with Crippen LogP contribution in [-0.4, -0.2) is 40.9 Å². The molecule has 1 aromatic carbocycles. The zero-order chi connectivity index (χ0) is 19.8. The summed E-state index contributed by atoms with van der Waals surface area (Å²) >= 11 is 4.90. The minimum Gasteiger partial charge on any atom is -0.371 e. The van der Waals surface area contributed by atoms with E-state index >= 15 is 0 Å². The molecule has 8 heteroatoms. The molecule has 0 saturated carbocycles. The molecule has 6 nitrogen and oxygen atoms in total. The molecule has 27 heavy (non-hydrogen) atoms. The summed E-state index contributed by atoms with van der Waals surface area (Å²) in [7, 11) is 0. The molecule has 0 atom stereocenters. The minimum absolute atomic E-state index is 0.196. The van der Waals surface area contributed by atoms with Crippen LogP contribution in [0.15, 0.2) is 39.0 Å². The van der Waals surface area contributed by atoms with Crippen molar-refractivity contribution in [2.24, 2.45) is 5.10 Å². The Kier molecular flexibility index (Phi) is 8.24. The zero-order valence-corrected chi connectivity index (χ0v) is 18.4. The number of halogens is 1. The molecule has 0 spiro atoms. The quantitative estimate of drug-likeness (QED) is 0.286. The highest BCUT2D eigenvalue weighted by atomic mass is 79.9. The third kappa shape index (κ3) is 6.62. The van der Waals surface area contributed by atoms with Gasteiger partial charge in [-0.15, -0.1) is 0 Å². The first-order valence-electron chi connectivity index (χ1n) is 8.74. The molecule has 0 radical (unpaired) electrons. The van der Waals surface area contributed by atoms with Crippen molar-refractivity contribution in [2.45, 2.75) is 32.9 Å². The van der Waals surface area contributed by atoms with Gasteiger partial charge in [0.15, 0.2) is 5.16 Å². The highest BCUT2D eigenvalue weighted by Crippen LogP contribution is 2.26. The van der Waals surface area contributed by atoms with Gasteiger partial charge in [0.25, 0.3) is 5.91 Å². The van der Waals surface area contributed by atoms with Crippen LogP contribution < -0.4 is 10.3 Å². The van der Waals surface area contributed by atoms with Gasteiger partial charge in [0.1, 0.15) is 0 Å². The number of aryl methyl sites for hydroxylation is 2. The Balaban J connectivity index is 1.89. The lowest BCUT2D eigenvalue weighted by molar-refractivity contribution is -0.118. The molecule has 2 aromatic rings. The lowest BCUT2D eigenvalue weighted by atomic mass is 10.2. The van der Waals surface area contributed by atoms with Crippen LogP contribution in [-0.2, 0) is 4.79 Å². The van der Waals surface area contributed by atoms with Crippen LogP contribution in [0.2, 0.25) is 0 Å². The van der Waals surface area contributed by atoms with Gasteiger partial charge in [-0.3, -0.25) is 4.79 Å². The number of carbonyl (C=O) groups is 1. The second-order valence-corrected chi connectivity index (χ2v) is 7.70. The summed E-state index contributed by atoms with van der Waals surface area (Å²) in [5.41, 5.74) is 6.37. The van der Waals surface area contributed by atoms with Gasteiger partial charge in [-0.05, 0) is 67.4 Å². The van der Waals surface area contributed by atoms with Crippen molar-refractivity contribution in [2.75, 3.05) is 23.7 Å². The third-order valence-electron chi connectivity index (χ3n) is 3.77. The van der Waals surface area contributed by atoms with E-state index in [0.29, 0.717) is 5.16 Å². The number of anilines is 1. The summed E-state index contributed by atoms with van der Waals surface area (Å²) in [5.74, 6) is 0.0167. The fraction of sp³-hybridized carbons (Fsp3) is 0.368. The number of hydrogen-bond acceptors (Lipinski definition) is 6. The Morgan fingerprint density at radius 2 is 1.89 bits per heavy atom. The Morgan fingerprint density at radius 1 is 1.22 bits per heavy atom. The molecule has 144 valence electrons. The van der Waals surface area contributed by atoms with Crippen LogP contribution in [0.4, 0.5) is 5.69 Å². The van der Waals surface area contributed by atoms with Crippen LogP contribution in [0, 0.1) is 13.8 Å². The lowest BCUT2D eigenvalue weighted by Crippen LogP contribution is -2.22. The molecule has 0 aliphatic carbocycles. The second kappa shape index (κ2) is 10.4. The summed E-state index contributed by atoms with van der Waals surface area (Å²) in [6.45, 7) is 9.96. The highest BCUT2D eigenvalue weighted by Gasteiger charge is 2.07. The van der Waals surface area contributed by atoms with Crippen molar-refractivity contribution in [1.82, 2.24) is 15.4 Å². The van der Waals surface area contributed by atoms with E-state index in [1.165, 1.54) is 11.8 Å². The topological polar surface area (TPSA) is 70.5 Å². The van der Waals surface area contributed by atoms with E-state index < -0.39 is 0 Å². The maximum atomic E-state index is 11.9. The molecule has 1 aromatic heterocycles. The number of benzene rings is 1. The summed E-state index contributed by atoms with van der Waals surface area (Å²) in [6, 6.07) is 7.92. The van der Waals surface area contributed by atoms with E-state index in [-0.39, 0.29) is 11.7 Å². The van der Waals surface area contributed by atoms with Gasteiger partial charge in [0.2, 0.25) is 0 Å². The smallest absolute Gasteiger partial charge is 0.250 e. The molecular formula is C19H24BrN5OS. The Hall–Kier alpha value is -1.93. The molecule has 0 aliphatic heterocycles. The second-order valence-electron chi connectivity index (χ2n) is 5.90. The largest absolute Gasteiger partial charge is 0.371 e. The lowest BCUT2D eigenvalue weighted by Gasteiger charge is -2.22. The van der Waals surface area contributed by atoms with Gasteiger partial charge in [-0.2, -0.15) is 5.10 Å². The predicted molar refractivity (Wildman–Crippen MR) is 116 cm³/mol. The first kappa shape index (κ1) is 21.4. The molecule has 0 saturated heterocycles. The Labute approximate surface area is 173 Å². The molecule has 0 unspecified atom stereocenters. The average molecular weight is 450 g/mol. The van der Waals surface area contributed by atoms with E-state index in [4.69, 9.17) is 0 Å². The van der Waals surface area contributed by atoms with Gasteiger partial charge >= 0.3 is 0 Å². The maximum Gasteiger partial charge on any atom is 0.250 e. The van der Waals surface area contributed by atoms with Crippen LogP contribution in [0.25, 0.3) is 0 Å². The summed E-state index contributed by atoms with van der Waals surface area (Å²) in [6.07, 6.45) is 1.63. The van der Waals surface area contributed by atoms with Crippen molar-refractivity contribution >= 4 is 45.5 Å². The summed E-state index contributed by atoms with van der Waals surface area (Å²) < 4.78 is 1.00. The highest BCUT2D eigenvalue weighted by molar-refractivity contribution is 9.10. The average Bonchev–Trinajstić information content (AvgIpc) is 2.62. The van der Waals surface area contributed by atoms with E-state index in [1.54, 1.807) is 6.21 Å². The number of nitrogens with one attached hydrogen (secondary N) is 1. The fourth-order valence-electron chi connectivity index (χ4n) is 2.52. The number of rotatable bonds is 8. The van der Waals surface area contributed by atoms with E-state index in [2.05, 4.69) is 55.2 Å². The molecule has 0 fully saturated rings. The zero-order valence-electron chi connectivity index (χ0n) is 16.0. The SMILES string of the molecule is CCN(CC)c1ccc(/C=N\NC(=O)CSc2nc(C)cc(C)n2)cc1Br. The Morgan fingerprint density at radius 3 is 2.48 bits per heavy atom. The number of hydrazone groups is 1. The van der Waals surface area contributed by atoms with E-state index in [0.717, 1.165) is 40.2 Å². The van der Waals surface area contributed by atoms with Crippen molar-refractivity contribution in [3.63, 3.8) is 0 Å². The van der Waals surface area contributed by atoms with Crippen LogP contribution in [0.5, 0.6) is 0 Å². The predicted octanol–water partition coefficient (Wildman–Crippen LogP) is 3.94. The number of aromatic nitrogens is 2. The number of carbonyl (C=O) groups excluding carboxylic acids is 1. The van der Waals surface area contributed by atoms with E-state index in [1.807, 2.05) is 38.1 Å². The molecule has 1 heterocycles. The molecule has 0 bridgehead atoms. The molecular weight excluding hydrogens is 426 g/mol. The van der Waals surface area contributed by atoms with Crippen LogP contribution in [0.3, 0.4) is 0 Å². The Bertz CT molecular complexity index is 803. The number of amides is 1. The standard InChI is InChI=1S/C19H24BrN5OS/c1-5-25(6-2)17-8-7-15(10-16(17)20)11-21-24-18(26)12-27-19-22-13(3)9-14(4)23-19/h7-11H,5-6,12H2,1-4H3,(H,24,26)/b21-11-. The van der Waals surface area contributed by atoms with E-state index in [9.17, 15) is 4.79 Å². The van der Waals surface area contributed by atoms with Gasteiger partial charge in [0.05, 0.1) is 17.7 Å². The summed E-state index contributed by atoms with van der Waals surface area (Å²) in [5, 5.41) is 4.63. The van der Waals surface area contributed by atoms with Gasteiger partial charge in [-0.1, -0.05) is 17.8 Å². The minimum atomic E-state index is -0.196. The van der Waals surface area contributed by atoms with Gasteiger partial charge < -0.3 is 4.90 Å². The fourth-order valence-corrected chi connectivity index (χ4v) is 3.91. The van der Waals surface area contributed by atoms with Crippen molar-refractivity contribution in [3.8, 4) is 0 Å². The van der Waals surface area contributed by atoms with Crippen LogP contribution >= 0.6 is 27.7 Å². The molecule has 1 amide bonds. The summed E-state index contributed by atoms with van der Waals surface area (Å²) in [4.78, 5) is 22.8. The first-order chi connectivity index (χ1) is 12.9. The van der Waals surface area contributed by atoms with Crippen molar-refractivity contribution in [1.29, 1.82) is 0 Å². The molecule has 2 rings (SSSR count). The molecule has 0 aliphatic rings. The first-order valence-corrected chi connectivity index (χ1v) is 10.5. The van der Waals surface area contributed by atoms with Crippen LogP contribution in [0.1, 0.15) is 30.8 Å². The molecule has 1 N–H and O–H groups in total. The van der Waals surface area contributed by atoms with Crippen molar-refractivity contribution < 1.29 is 4.79 Å². The van der Waals surface area contributed by atoms with Gasteiger partial charge in [-0.25, -0.2) is 15.4 Å². The van der Waals surface area contributed by atoms with Gasteiger partial charge in [0, 0.05) is 29.0 Å². The number of thioether (sulfide) groups is 1. The third-order valence-corrected chi connectivity index (χ3v) is 5.26. The monoisotopic (exact) mass is 449 g/mol. The number of hydrogen-bond donors (Lipinski definition) is 1. The maximum absolute atomic E-state index is 11.9. The normalized spacial score (nSPS) is 11.0. The number of nitrogens with zero attached hydrogens (tertiary/aromatic N) is 4. The van der Waals surface area contributed by atoms with Crippen molar-refractivity contribution in [3.05, 3.63) is 45.7 Å².